The Morgan fingerprint density at radius 3 is 3.00 bits per heavy atom. The zero-order valence-corrected chi connectivity index (χ0v) is 12.7. The number of hydrogen-bond acceptors (Lipinski definition) is 3. The summed E-state index contributed by atoms with van der Waals surface area (Å²) < 4.78 is 5.54. The van der Waals surface area contributed by atoms with Crippen LogP contribution in [0, 0.1) is 0 Å². The fraction of sp³-hybridized carbons (Fsp3) is 0.625. The highest BCUT2D eigenvalue weighted by atomic mass is 16.5. The Labute approximate surface area is 126 Å². The number of pyridine rings is 1. The first-order chi connectivity index (χ1) is 10.2. The van der Waals surface area contributed by atoms with Crippen LogP contribution in [-0.2, 0) is 10.2 Å². The fourth-order valence-corrected chi connectivity index (χ4v) is 3.13. The summed E-state index contributed by atoms with van der Waals surface area (Å²) in [6.45, 7) is 5.19. The van der Waals surface area contributed by atoms with Crippen molar-refractivity contribution >= 4 is 5.96 Å². The van der Waals surface area contributed by atoms with Crippen LogP contribution in [0.1, 0.15) is 31.9 Å². The average molecular weight is 288 g/mol. The van der Waals surface area contributed by atoms with Crippen LogP contribution >= 0.6 is 0 Å². The van der Waals surface area contributed by atoms with E-state index in [0.29, 0.717) is 5.96 Å². The lowest BCUT2D eigenvalue weighted by atomic mass is 9.66. The first kappa shape index (κ1) is 14.3. The average Bonchev–Trinajstić information content (AvgIpc) is 2.47. The number of rotatable bonds is 3. The Hall–Kier alpha value is -1.62. The monoisotopic (exact) mass is 288 g/mol. The third kappa shape index (κ3) is 3.02. The molecule has 21 heavy (non-hydrogen) atoms. The molecule has 1 unspecified atom stereocenters. The molecule has 1 saturated carbocycles. The number of nitrogens with two attached hydrogens (primary N) is 1. The number of morpholine rings is 1. The molecule has 2 fully saturated rings. The molecular weight excluding hydrogens is 264 g/mol. The normalized spacial score (nSPS) is 25.5. The number of hydrogen-bond donors (Lipinski definition) is 1. The zero-order chi connectivity index (χ0) is 14.7. The Morgan fingerprint density at radius 2 is 2.38 bits per heavy atom. The summed E-state index contributed by atoms with van der Waals surface area (Å²) >= 11 is 0. The van der Waals surface area contributed by atoms with Crippen molar-refractivity contribution in [2.24, 2.45) is 10.7 Å². The smallest absolute Gasteiger partial charge is 0.191 e. The molecule has 0 spiro atoms. The summed E-state index contributed by atoms with van der Waals surface area (Å²) in [6.07, 6.45) is 5.65. The van der Waals surface area contributed by atoms with Crippen LogP contribution in [0.15, 0.2) is 29.4 Å². The van der Waals surface area contributed by atoms with Gasteiger partial charge in [0, 0.05) is 30.4 Å². The topological polar surface area (TPSA) is 63.7 Å². The molecule has 2 aliphatic rings. The number of aliphatic imine (C=N–C) groups is 1. The van der Waals surface area contributed by atoms with Gasteiger partial charge < -0.3 is 15.4 Å². The molecule has 1 aliphatic carbocycles. The van der Waals surface area contributed by atoms with Crippen molar-refractivity contribution < 1.29 is 4.74 Å². The quantitative estimate of drug-likeness (QED) is 0.677. The zero-order valence-electron chi connectivity index (χ0n) is 12.7. The second kappa shape index (κ2) is 6.02. The molecule has 0 amide bonds. The lowest BCUT2D eigenvalue weighted by molar-refractivity contribution is 0.00522. The Bertz CT molecular complexity index is 498. The third-order valence-electron chi connectivity index (χ3n) is 4.63. The van der Waals surface area contributed by atoms with Gasteiger partial charge in [-0.05, 0) is 31.9 Å². The van der Waals surface area contributed by atoms with E-state index in [-0.39, 0.29) is 11.5 Å². The summed E-state index contributed by atoms with van der Waals surface area (Å²) in [7, 11) is 0. The largest absolute Gasteiger partial charge is 0.375 e. The van der Waals surface area contributed by atoms with Crippen molar-refractivity contribution in [2.75, 3.05) is 26.2 Å². The van der Waals surface area contributed by atoms with E-state index in [0.717, 1.165) is 44.8 Å². The Balaban J connectivity index is 1.68. The van der Waals surface area contributed by atoms with Gasteiger partial charge in [-0.2, -0.15) is 0 Å². The van der Waals surface area contributed by atoms with Crippen molar-refractivity contribution in [3.05, 3.63) is 30.1 Å². The van der Waals surface area contributed by atoms with Gasteiger partial charge in [-0.1, -0.05) is 12.5 Å². The summed E-state index contributed by atoms with van der Waals surface area (Å²) in [6, 6.07) is 6.13. The lowest BCUT2D eigenvalue weighted by Gasteiger charge is -2.40. The van der Waals surface area contributed by atoms with Crippen molar-refractivity contribution in [3.63, 3.8) is 0 Å². The van der Waals surface area contributed by atoms with E-state index in [1.54, 1.807) is 0 Å². The number of aromatic nitrogens is 1. The number of guanidine groups is 1. The second-order valence-electron chi connectivity index (χ2n) is 6.15. The van der Waals surface area contributed by atoms with Gasteiger partial charge in [-0.3, -0.25) is 9.98 Å². The van der Waals surface area contributed by atoms with Crippen LogP contribution in [0.25, 0.3) is 0 Å². The van der Waals surface area contributed by atoms with Crippen molar-refractivity contribution in [2.45, 2.75) is 37.7 Å². The second-order valence-corrected chi connectivity index (χ2v) is 6.15. The van der Waals surface area contributed by atoms with Crippen LogP contribution in [0.2, 0.25) is 0 Å². The first-order valence-corrected chi connectivity index (χ1v) is 7.78. The van der Waals surface area contributed by atoms with Gasteiger partial charge in [0.05, 0.1) is 19.3 Å². The molecule has 5 heteroatoms. The van der Waals surface area contributed by atoms with Crippen LogP contribution in [0.3, 0.4) is 0 Å². The van der Waals surface area contributed by atoms with Gasteiger partial charge in [0.1, 0.15) is 0 Å². The molecule has 0 aromatic carbocycles. The molecular formula is C16H24N4O. The Kier molecular flexibility index (Phi) is 4.10. The molecule has 1 saturated heterocycles. The maximum absolute atomic E-state index is 6.17. The van der Waals surface area contributed by atoms with Gasteiger partial charge >= 0.3 is 0 Å². The highest BCUT2D eigenvalue weighted by molar-refractivity contribution is 5.78. The molecule has 0 radical (unpaired) electrons. The fourth-order valence-electron chi connectivity index (χ4n) is 3.13. The van der Waals surface area contributed by atoms with Gasteiger partial charge in [0.25, 0.3) is 0 Å². The SMILES string of the molecule is CC1CN(C(N)=NCC2(c3ccccn3)CCC2)CCO1. The first-order valence-electron chi connectivity index (χ1n) is 7.78. The lowest BCUT2D eigenvalue weighted by Crippen LogP contribution is -2.48. The van der Waals surface area contributed by atoms with Crippen LogP contribution in [0.5, 0.6) is 0 Å². The molecule has 1 aliphatic heterocycles. The van der Waals surface area contributed by atoms with Gasteiger partial charge in [-0.15, -0.1) is 0 Å². The molecule has 1 aromatic rings. The summed E-state index contributed by atoms with van der Waals surface area (Å²) in [5.41, 5.74) is 7.43. The van der Waals surface area contributed by atoms with Crippen LogP contribution in [0.4, 0.5) is 0 Å². The maximum Gasteiger partial charge on any atom is 0.191 e. The number of nitrogens with zero attached hydrogens (tertiary/aromatic N) is 3. The van der Waals surface area contributed by atoms with E-state index in [1.807, 2.05) is 12.3 Å². The summed E-state index contributed by atoms with van der Waals surface area (Å²) in [5, 5.41) is 0. The van der Waals surface area contributed by atoms with Crippen LogP contribution < -0.4 is 5.73 Å². The number of ether oxygens (including phenoxy) is 1. The molecule has 5 nitrogen and oxygen atoms in total. The standard InChI is InChI=1S/C16H24N4O/c1-13-11-20(9-10-21-13)15(17)19-12-16(6-4-7-16)14-5-2-3-8-18-14/h2-3,5,8,13H,4,6-7,9-12H2,1H3,(H2,17,19). The van der Waals surface area contributed by atoms with Gasteiger partial charge in [-0.25, -0.2) is 0 Å². The van der Waals surface area contributed by atoms with Crippen molar-refractivity contribution in [3.8, 4) is 0 Å². The van der Waals surface area contributed by atoms with E-state index < -0.39 is 0 Å². The predicted octanol–water partition coefficient (Wildman–Crippen LogP) is 1.54. The molecule has 2 N–H and O–H groups in total. The molecule has 2 heterocycles. The maximum atomic E-state index is 6.17. The molecule has 0 bridgehead atoms. The molecule has 1 aromatic heterocycles. The van der Waals surface area contributed by atoms with E-state index in [1.165, 1.54) is 6.42 Å². The van der Waals surface area contributed by atoms with E-state index in [2.05, 4.69) is 33.9 Å². The van der Waals surface area contributed by atoms with E-state index in [9.17, 15) is 0 Å². The third-order valence-corrected chi connectivity index (χ3v) is 4.63. The highest BCUT2D eigenvalue weighted by Gasteiger charge is 2.39. The summed E-state index contributed by atoms with van der Waals surface area (Å²) in [4.78, 5) is 11.3. The van der Waals surface area contributed by atoms with E-state index >= 15 is 0 Å². The predicted molar refractivity (Wildman–Crippen MR) is 83.2 cm³/mol. The van der Waals surface area contributed by atoms with Gasteiger partial charge in [0.15, 0.2) is 5.96 Å². The van der Waals surface area contributed by atoms with Crippen molar-refractivity contribution in [1.82, 2.24) is 9.88 Å². The Morgan fingerprint density at radius 1 is 1.52 bits per heavy atom. The molecule has 114 valence electrons. The minimum Gasteiger partial charge on any atom is -0.375 e. The minimum atomic E-state index is 0.101. The highest BCUT2D eigenvalue weighted by Crippen LogP contribution is 2.42. The van der Waals surface area contributed by atoms with Gasteiger partial charge in [0.2, 0.25) is 0 Å². The minimum absolute atomic E-state index is 0.101. The molecule has 1 atom stereocenters. The van der Waals surface area contributed by atoms with Crippen molar-refractivity contribution in [1.29, 1.82) is 0 Å². The van der Waals surface area contributed by atoms with Crippen LogP contribution in [-0.4, -0.2) is 48.2 Å². The van der Waals surface area contributed by atoms with E-state index in [4.69, 9.17) is 10.5 Å². The summed E-state index contributed by atoms with van der Waals surface area (Å²) in [5.74, 6) is 0.646. The molecule has 3 rings (SSSR count).